The SMILES string of the molecule is O=C1CC[C@H](N2Cc3c(ccc4c3OC[C@H]3CN(CC5CC6(CCN(c7ccc([C@@H]8c9ccc(O)cc9CC[C@@H]8c8ccccc8)cc7)CC6)CO5)CCN43)C2=O)C(=O)N1. The number of piperidine rings is 2. The van der Waals surface area contributed by atoms with E-state index in [9.17, 15) is 19.5 Å². The predicted octanol–water partition coefficient (Wildman–Crippen LogP) is 5.97. The van der Waals surface area contributed by atoms with Crippen molar-refractivity contribution < 1.29 is 29.0 Å². The predicted molar refractivity (Wildman–Crippen MR) is 228 cm³/mol. The molecular weight excluding hydrogens is 755 g/mol. The van der Waals surface area contributed by atoms with Crippen molar-refractivity contribution in [3.63, 3.8) is 0 Å². The summed E-state index contributed by atoms with van der Waals surface area (Å²) in [6.45, 7) is 7.40. The van der Waals surface area contributed by atoms with E-state index in [0.29, 0.717) is 36.8 Å². The zero-order valence-electron chi connectivity index (χ0n) is 34.1. The van der Waals surface area contributed by atoms with Gasteiger partial charge in [0.25, 0.3) is 5.91 Å². The molecule has 0 bridgehead atoms. The number of phenolic OH excluding ortho intramolecular Hbond substituents is 1. The summed E-state index contributed by atoms with van der Waals surface area (Å²) < 4.78 is 13.0. The third-order valence-electron chi connectivity index (χ3n) is 14.9. The van der Waals surface area contributed by atoms with Gasteiger partial charge in [0.05, 0.1) is 31.0 Å². The summed E-state index contributed by atoms with van der Waals surface area (Å²) >= 11 is 0. The van der Waals surface area contributed by atoms with Crippen LogP contribution in [0.3, 0.4) is 0 Å². The lowest BCUT2D eigenvalue weighted by Gasteiger charge is -2.46. The maximum Gasteiger partial charge on any atom is 0.255 e. The second-order valence-electron chi connectivity index (χ2n) is 18.4. The van der Waals surface area contributed by atoms with Gasteiger partial charge in [-0.25, -0.2) is 0 Å². The molecule has 3 amide bonds. The Labute approximate surface area is 351 Å². The Morgan fingerprint density at radius 2 is 1.67 bits per heavy atom. The maximum atomic E-state index is 13.4. The lowest BCUT2D eigenvalue weighted by atomic mass is 9.69. The van der Waals surface area contributed by atoms with Crippen molar-refractivity contribution in [2.45, 2.75) is 81.5 Å². The molecule has 4 fully saturated rings. The van der Waals surface area contributed by atoms with Crippen molar-refractivity contribution in [1.82, 2.24) is 15.1 Å². The Bertz CT molecular complexity index is 2330. The number of hydrogen-bond acceptors (Lipinski definition) is 9. The first-order valence-electron chi connectivity index (χ1n) is 22.0. The summed E-state index contributed by atoms with van der Waals surface area (Å²) in [5.41, 5.74) is 9.29. The van der Waals surface area contributed by atoms with Gasteiger partial charge in [-0.15, -0.1) is 0 Å². The highest BCUT2D eigenvalue weighted by molar-refractivity contribution is 6.06. The van der Waals surface area contributed by atoms with Crippen LogP contribution in [0.5, 0.6) is 11.5 Å². The van der Waals surface area contributed by atoms with Crippen molar-refractivity contribution in [1.29, 1.82) is 0 Å². The Morgan fingerprint density at radius 1 is 0.833 bits per heavy atom. The van der Waals surface area contributed by atoms with Crippen molar-refractivity contribution in [2.24, 2.45) is 5.41 Å². The van der Waals surface area contributed by atoms with Crippen molar-refractivity contribution in [3.8, 4) is 11.5 Å². The standard InChI is InChI=1S/C49H53N5O6/c55-36-11-13-39-33(24-36)8-12-38(31-4-2-1-3-5-31)45(39)32-6-9-34(10-7-32)52-20-18-49(19-21-52)25-37(60-30-49)27-51-22-23-53-35(26-51)29-59-46-41-28-54(43-16-17-44(56)50-47(43)57)48(58)40(41)14-15-42(46)53/h1-7,9-11,13-15,24,35,37-38,43,45,55H,8,12,16-23,25-30H2,(H,50,56,57)/t35-,37?,38-,43+,45+/m1/s1. The number of benzene rings is 4. The highest BCUT2D eigenvalue weighted by Crippen LogP contribution is 2.49. The fraction of sp³-hybridized carbons (Fsp3) is 0.449. The number of hydrogen-bond donors (Lipinski definition) is 2. The molecule has 11 nitrogen and oxygen atoms in total. The summed E-state index contributed by atoms with van der Waals surface area (Å²) in [4.78, 5) is 46.9. The molecule has 60 heavy (non-hydrogen) atoms. The fourth-order valence-corrected chi connectivity index (χ4v) is 11.8. The topological polar surface area (TPSA) is 115 Å². The molecule has 0 radical (unpaired) electrons. The molecule has 0 aromatic heterocycles. The molecule has 5 atom stereocenters. The summed E-state index contributed by atoms with van der Waals surface area (Å²) in [6, 6.07) is 29.7. The number of amides is 3. The van der Waals surface area contributed by atoms with Gasteiger partial charge in [-0.2, -0.15) is 0 Å². The van der Waals surface area contributed by atoms with E-state index in [1.54, 1.807) is 4.90 Å². The second kappa shape index (κ2) is 15.0. The minimum atomic E-state index is -0.640. The molecule has 1 unspecified atom stereocenters. The third-order valence-corrected chi connectivity index (χ3v) is 14.9. The number of piperazine rings is 1. The molecule has 4 aromatic rings. The first kappa shape index (κ1) is 37.6. The van der Waals surface area contributed by atoms with E-state index in [1.807, 2.05) is 24.3 Å². The number of imide groups is 1. The van der Waals surface area contributed by atoms with Gasteiger partial charge in [-0.1, -0.05) is 48.5 Å². The van der Waals surface area contributed by atoms with Crippen LogP contribution in [0.4, 0.5) is 11.4 Å². The molecule has 6 aliphatic heterocycles. The van der Waals surface area contributed by atoms with Crippen LogP contribution in [0, 0.1) is 5.41 Å². The van der Waals surface area contributed by atoms with Gasteiger partial charge >= 0.3 is 0 Å². The Morgan fingerprint density at radius 3 is 2.48 bits per heavy atom. The lowest BCUT2D eigenvalue weighted by Crippen LogP contribution is -2.58. The highest BCUT2D eigenvalue weighted by atomic mass is 16.5. The number of aromatic hydroxyl groups is 1. The molecule has 1 aliphatic carbocycles. The minimum Gasteiger partial charge on any atom is -0.508 e. The Kier molecular flexibility index (Phi) is 9.37. The number of rotatable bonds is 6. The third kappa shape index (κ3) is 6.61. The summed E-state index contributed by atoms with van der Waals surface area (Å²) in [7, 11) is 0. The van der Waals surface area contributed by atoms with Crippen molar-refractivity contribution >= 4 is 29.1 Å². The molecule has 6 heterocycles. The molecule has 4 aromatic carbocycles. The number of nitrogens with zero attached hydrogens (tertiary/aromatic N) is 4. The van der Waals surface area contributed by atoms with Gasteiger partial charge in [0, 0.05) is 68.4 Å². The van der Waals surface area contributed by atoms with Crippen LogP contribution in [-0.2, 0) is 27.3 Å². The number of nitrogens with one attached hydrogen (secondary N) is 1. The molecule has 11 heteroatoms. The van der Waals surface area contributed by atoms with E-state index in [4.69, 9.17) is 9.47 Å². The quantitative estimate of drug-likeness (QED) is 0.228. The number of carbonyl (C=O) groups excluding carboxylic acids is 3. The molecular formula is C49H53N5O6. The van der Waals surface area contributed by atoms with E-state index in [0.717, 1.165) is 95.0 Å². The van der Waals surface area contributed by atoms with Crippen LogP contribution >= 0.6 is 0 Å². The number of ether oxygens (including phenoxy) is 2. The van der Waals surface area contributed by atoms with E-state index >= 15 is 0 Å². The van der Waals surface area contributed by atoms with Crippen LogP contribution in [-0.4, -0.2) is 103 Å². The smallest absolute Gasteiger partial charge is 0.255 e. The summed E-state index contributed by atoms with van der Waals surface area (Å²) in [6.07, 6.45) is 6.22. The highest BCUT2D eigenvalue weighted by Gasteiger charge is 2.46. The van der Waals surface area contributed by atoms with Gasteiger partial charge in [-0.3, -0.25) is 24.6 Å². The van der Waals surface area contributed by atoms with Gasteiger partial charge in [-0.05, 0) is 109 Å². The van der Waals surface area contributed by atoms with Crippen LogP contribution in [0.25, 0.3) is 0 Å². The van der Waals surface area contributed by atoms with E-state index in [2.05, 4.69) is 80.7 Å². The normalized spacial score (nSPS) is 27.2. The van der Waals surface area contributed by atoms with Crippen molar-refractivity contribution in [3.05, 3.63) is 118 Å². The molecule has 310 valence electrons. The van der Waals surface area contributed by atoms with Crippen LogP contribution in [0.1, 0.15) is 88.5 Å². The van der Waals surface area contributed by atoms with Crippen LogP contribution in [0.15, 0.2) is 84.9 Å². The Balaban J connectivity index is 0.700. The number of anilines is 2. The zero-order chi connectivity index (χ0) is 40.5. The second-order valence-corrected chi connectivity index (χ2v) is 18.4. The summed E-state index contributed by atoms with van der Waals surface area (Å²) in [5, 5.41) is 12.7. The monoisotopic (exact) mass is 807 g/mol. The number of aryl methyl sites for hydroxylation is 1. The van der Waals surface area contributed by atoms with E-state index in [-0.39, 0.29) is 41.7 Å². The molecule has 4 saturated heterocycles. The maximum absolute atomic E-state index is 13.4. The number of carbonyl (C=O) groups is 3. The molecule has 2 N–H and O–H groups in total. The molecule has 0 saturated carbocycles. The largest absolute Gasteiger partial charge is 0.508 e. The molecule has 1 spiro atoms. The fourth-order valence-electron chi connectivity index (χ4n) is 11.8. The Hall–Kier alpha value is -5.39. The average Bonchev–Trinajstić information content (AvgIpc) is 3.82. The molecule has 7 aliphatic rings. The van der Waals surface area contributed by atoms with E-state index < -0.39 is 11.9 Å². The first-order chi connectivity index (χ1) is 29.3. The summed E-state index contributed by atoms with van der Waals surface area (Å²) in [5.74, 6) is 0.900. The van der Waals surface area contributed by atoms with Crippen molar-refractivity contribution in [2.75, 3.05) is 62.3 Å². The average molecular weight is 808 g/mol. The van der Waals surface area contributed by atoms with Gasteiger partial charge in [0.15, 0.2) is 0 Å². The van der Waals surface area contributed by atoms with Gasteiger partial charge < -0.3 is 29.3 Å². The lowest BCUT2D eigenvalue weighted by molar-refractivity contribution is -0.136. The van der Waals surface area contributed by atoms with Crippen LogP contribution < -0.4 is 19.9 Å². The van der Waals surface area contributed by atoms with Gasteiger partial charge in [0.2, 0.25) is 11.8 Å². The number of phenols is 1. The first-order valence-corrected chi connectivity index (χ1v) is 22.0. The zero-order valence-corrected chi connectivity index (χ0v) is 34.1. The number of fused-ring (bicyclic) bond motifs is 6. The van der Waals surface area contributed by atoms with Crippen LogP contribution in [0.2, 0.25) is 0 Å². The van der Waals surface area contributed by atoms with Gasteiger partial charge in [0.1, 0.15) is 24.1 Å². The molecule has 11 rings (SSSR count). The minimum absolute atomic E-state index is 0.172. The van der Waals surface area contributed by atoms with E-state index in [1.165, 1.54) is 27.9 Å².